The van der Waals surface area contributed by atoms with Crippen molar-refractivity contribution in [3.8, 4) is 0 Å². The van der Waals surface area contributed by atoms with Gasteiger partial charge in [-0.15, -0.1) is 0 Å². The van der Waals surface area contributed by atoms with Crippen LogP contribution in [0.1, 0.15) is 96.7 Å². The third-order valence-corrected chi connectivity index (χ3v) is 8.72. The Morgan fingerprint density at radius 1 is 1.05 bits per heavy atom. The predicted octanol–water partition coefficient (Wildman–Crippen LogP) is 3.87. The van der Waals surface area contributed by atoms with Crippen molar-refractivity contribution < 1.29 is 28.7 Å². The van der Waals surface area contributed by atoms with Gasteiger partial charge in [0.05, 0.1) is 12.1 Å². The molecule has 1 aromatic rings. The smallest absolute Gasteiger partial charge is 0.410 e. The number of benzene rings is 1. The van der Waals surface area contributed by atoms with Crippen molar-refractivity contribution in [2.75, 3.05) is 13.7 Å². The van der Waals surface area contributed by atoms with Crippen LogP contribution in [0.25, 0.3) is 0 Å². The number of carbonyl (C=O) groups is 4. The lowest BCUT2D eigenvalue weighted by molar-refractivity contribution is -0.146. The number of rotatable bonds is 7. The molecule has 2 aliphatic heterocycles. The lowest BCUT2D eigenvalue weighted by atomic mass is 9.87. The molecule has 4 amide bonds. The fourth-order valence-corrected chi connectivity index (χ4v) is 6.44. The second kappa shape index (κ2) is 13.4. The van der Waals surface area contributed by atoms with E-state index in [4.69, 9.17) is 9.47 Å². The van der Waals surface area contributed by atoms with Crippen LogP contribution in [0.3, 0.4) is 0 Å². The molecule has 42 heavy (non-hydrogen) atoms. The summed E-state index contributed by atoms with van der Waals surface area (Å²) in [5.74, 6) is -0.878. The fraction of sp³-hybridized carbons (Fsp3) is 0.688. The van der Waals surface area contributed by atoms with E-state index in [-0.39, 0.29) is 30.0 Å². The number of nitrogens with zero attached hydrogens (tertiary/aromatic N) is 2. The van der Waals surface area contributed by atoms with E-state index in [1.165, 1.54) is 17.5 Å². The highest BCUT2D eigenvalue weighted by molar-refractivity contribution is 5.94. The number of carbonyl (C=O) groups excluding carboxylic acids is 4. The molecule has 4 rings (SSSR count). The van der Waals surface area contributed by atoms with Crippen molar-refractivity contribution in [1.29, 1.82) is 0 Å². The zero-order valence-corrected chi connectivity index (χ0v) is 26.0. The van der Waals surface area contributed by atoms with Gasteiger partial charge in [0.25, 0.3) is 0 Å². The Morgan fingerprint density at radius 2 is 1.76 bits per heavy atom. The molecule has 3 aliphatic rings. The largest absolute Gasteiger partial charge is 0.444 e. The lowest BCUT2D eigenvalue weighted by Gasteiger charge is -2.38. The summed E-state index contributed by atoms with van der Waals surface area (Å²) in [6, 6.07) is 5.70. The van der Waals surface area contributed by atoms with Gasteiger partial charge in [-0.2, -0.15) is 0 Å². The van der Waals surface area contributed by atoms with Gasteiger partial charge < -0.3 is 25.0 Å². The van der Waals surface area contributed by atoms with Crippen LogP contribution in [-0.2, 0) is 30.3 Å². The lowest BCUT2D eigenvalue weighted by Crippen LogP contribution is -2.59. The van der Waals surface area contributed by atoms with Crippen molar-refractivity contribution in [3.05, 3.63) is 35.4 Å². The molecule has 10 heteroatoms. The highest BCUT2D eigenvalue weighted by atomic mass is 16.6. The normalized spacial score (nSPS) is 26.7. The molecule has 0 bridgehead atoms. The summed E-state index contributed by atoms with van der Waals surface area (Å²) in [7, 11) is 1.50. The van der Waals surface area contributed by atoms with E-state index >= 15 is 0 Å². The third kappa shape index (κ3) is 7.43. The number of likely N-dealkylation sites (N-methyl/N-ethyl adjacent to an activating group) is 1. The summed E-state index contributed by atoms with van der Waals surface area (Å²) in [4.78, 5) is 56.8. The molecular weight excluding hydrogens is 536 g/mol. The first-order chi connectivity index (χ1) is 19.9. The molecule has 0 spiro atoms. The molecular formula is C32H48N4O6. The van der Waals surface area contributed by atoms with E-state index < -0.39 is 35.7 Å². The molecule has 0 radical (unpaired) electrons. The minimum Gasteiger partial charge on any atom is -0.444 e. The van der Waals surface area contributed by atoms with Crippen molar-refractivity contribution in [3.63, 3.8) is 0 Å². The van der Waals surface area contributed by atoms with Crippen molar-refractivity contribution in [2.45, 2.75) is 128 Å². The second-order valence-corrected chi connectivity index (χ2v) is 12.9. The zero-order chi connectivity index (χ0) is 30.6. The fourth-order valence-electron chi connectivity index (χ4n) is 6.44. The molecule has 0 saturated carbocycles. The van der Waals surface area contributed by atoms with Gasteiger partial charge in [0.2, 0.25) is 17.7 Å². The number of nitrogens with one attached hydrogen (secondary N) is 2. The van der Waals surface area contributed by atoms with Gasteiger partial charge in [-0.25, -0.2) is 4.79 Å². The summed E-state index contributed by atoms with van der Waals surface area (Å²) < 4.78 is 11.4. The predicted molar refractivity (Wildman–Crippen MR) is 159 cm³/mol. The minimum absolute atomic E-state index is 0.0755. The zero-order valence-electron chi connectivity index (χ0n) is 26.0. The first kappa shape index (κ1) is 31.8. The third-order valence-electron chi connectivity index (χ3n) is 8.72. The maximum Gasteiger partial charge on any atom is 0.410 e. The Kier molecular flexibility index (Phi) is 10.2. The summed E-state index contributed by atoms with van der Waals surface area (Å²) >= 11 is 0. The van der Waals surface area contributed by atoms with Gasteiger partial charge in [-0.05, 0) is 90.7 Å². The Morgan fingerprint density at radius 3 is 2.48 bits per heavy atom. The average Bonchev–Trinajstić information content (AvgIpc) is 3.36. The van der Waals surface area contributed by atoms with Crippen molar-refractivity contribution in [2.24, 2.45) is 0 Å². The summed E-state index contributed by atoms with van der Waals surface area (Å²) in [5, 5.41) is 6.15. The topological polar surface area (TPSA) is 117 Å². The molecule has 232 valence electrons. The number of ether oxygens (including phenoxy) is 2. The summed E-state index contributed by atoms with van der Waals surface area (Å²) in [5.41, 5.74) is 1.70. The molecule has 2 saturated heterocycles. The molecule has 10 nitrogen and oxygen atoms in total. The van der Waals surface area contributed by atoms with Gasteiger partial charge in [-0.3, -0.25) is 19.3 Å². The van der Waals surface area contributed by atoms with E-state index in [0.717, 1.165) is 44.1 Å². The van der Waals surface area contributed by atoms with Crippen LogP contribution in [0.4, 0.5) is 4.79 Å². The molecule has 0 aromatic heterocycles. The van der Waals surface area contributed by atoms with Crippen LogP contribution in [-0.4, -0.2) is 83.1 Å². The maximum atomic E-state index is 14.2. The van der Waals surface area contributed by atoms with Crippen LogP contribution in [0, 0.1) is 0 Å². The number of hydrogen-bond donors (Lipinski definition) is 2. The van der Waals surface area contributed by atoms with E-state index in [1.54, 1.807) is 32.6 Å². The minimum atomic E-state index is -0.879. The van der Waals surface area contributed by atoms with Crippen LogP contribution < -0.4 is 10.6 Å². The Balaban J connectivity index is 1.50. The van der Waals surface area contributed by atoms with Gasteiger partial charge in [-0.1, -0.05) is 24.3 Å². The van der Waals surface area contributed by atoms with Crippen LogP contribution in [0.5, 0.6) is 0 Å². The SMILES string of the molecule is CCO[C@@H]1CC[C@H]2CC[C@@H](C(=O)N[C@@H]3CCCc4ccccc43)N2C(=O)[C@@H](NC(=O)[C@H](C)N(C)C(=O)OC(C)(C)C)C1. The Labute approximate surface area is 249 Å². The molecule has 2 fully saturated rings. The van der Waals surface area contributed by atoms with E-state index in [1.807, 2.05) is 19.1 Å². The molecule has 2 heterocycles. The molecule has 6 atom stereocenters. The van der Waals surface area contributed by atoms with Crippen LogP contribution in [0.2, 0.25) is 0 Å². The number of fused-ring (bicyclic) bond motifs is 2. The monoisotopic (exact) mass is 584 g/mol. The highest BCUT2D eigenvalue weighted by Crippen LogP contribution is 2.34. The summed E-state index contributed by atoms with van der Waals surface area (Å²) in [6.07, 6.45) is 5.12. The van der Waals surface area contributed by atoms with E-state index in [2.05, 4.69) is 22.8 Å². The molecule has 1 aromatic carbocycles. The molecule has 2 N–H and O–H groups in total. The molecule has 0 unspecified atom stereocenters. The maximum absolute atomic E-state index is 14.2. The number of aryl methyl sites for hydroxylation is 1. The standard InChI is InChI=1S/C32H48N4O6/c1-7-41-23-17-15-22-16-18-27(29(38)33-25-14-10-12-21-11-8-9-13-24(21)25)36(22)30(39)26(19-23)34-28(37)20(2)35(6)31(40)42-32(3,4)5/h8-9,11,13,20,22-23,25-27H,7,10,12,14-19H2,1-6H3,(H,33,38)(H,34,37)/t20-,22-,23+,25+,26-,27-/m0/s1. The first-order valence-corrected chi connectivity index (χ1v) is 15.5. The van der Waals surface area contributed by atoms with Gasteiger partial charge >= 0.3 is 6.09 Å². The van der Waals surface area contributed by atoms with Gasteiger partial charge in [0, 0.05) is 26.1 Å². The average molecular weight is 585 g/mol. The van der Waals surface area contributed by atoms with Gasteiger partial charge in [0.1, 0.15) is 23.7 Å². The second-order valence-electron chi connectivity index (χ2n) is 12.9. The van der Waals surface area contributed by atoms with Crippen LogP contribution in [0.15, 0.2) is 24.3 Å². The molecule has 1 aliphatic carbocycles. The van der Waals surface area contributed by atoms with Gasteiger partial charge in [0.15, 0.2) is 0 Å². The Hall–Kier alpha value is -3.14. The van der Waals surface area contributed by atoms with Crippen molar-refractivity contribution >= 4 is 23.8 Å². The highest BCUT2D eigenvalue weighted by Gasteiger charge is 2.46. The first-order valence-electron chi connectivity index (χ1n) is 15.5. The number of amides is 4. The van der Waals surface area contributed by atoms with E-state index in [0.29, 0.717) is 19.4 Å². The Bertz CT molecular complexity index is 1150. The number of hydrogen-bond acceptors (Lipinski definition) is 6. The summed E-state index contributed by atoms with van der Waals surface area (Å²) in [6.45, 7) is 9.30. The van der Waals surface area contributed by atoms with Crippen molar-refractivity contribution in [1.82, 2.24) is 20.4 Å². The van der Waals surface area contributed by atoms with Crippen LogP contribution >= 0.6 is 0 Å². The van der Waals surface area contributed by atoms with E-state index in [9.17, 15) is 19.2 Å². The quantitative estimate of drug-likeness (QED) is 0.503.